The first kappa shape index (κ1) is 37.9. The largest absolute Gasteiger partial charge is 0.446 e. The van der Waals surface area contributed by atoms with Crippen LogP contribution in [0.4, 0.5) is 4.79 Å². The molecule has 1 saturated heterocycles. The number of sulfonamides is 1. The first-order valence-electron chi connectivity index (χ1n) is 18.3. The minimum atomic E-state index is -3.92. The summed E-state index contributed by atoms with van der Waals surface area (Å²) in [5.41, 5.74) is 0.653. The molecule has 4 amide bonds. The molecule has 5 atom stereocenters. The molecule has 4 aliphatic rings. The maximum atomic E-state index is 14.5. The Morgan fingerprint density at radius 3 is 2.33 bits per heavy atom. The number of hydrogen-bond acceptors (Lipinski definition) is 11. The van der Waals surface area contributed by atoms with Gasteiger partial charge in [0.15, 0.2) is 0 Å². The Morgan fingerprint density at radius 1 is 1.06 bits per heavy atom. The van der Waals surface area contributed by atoms with E-state index in [9.17, 15) is 32.4 Å². The molecular formula is C37H44N6O8S3. The molecule has 1 aliphatic heterocycles. The molecule has 3 aliphatic carbocycles. The number of carbonyl (C=O) groups excluding carboxylic acids is 4. The van der Waals surface area contributed by atoms with E-state index in [1.54, 1.807) is 20.0 Å². The highest BCUT2D eigenvalue weighted by molar-refractivity contribution is 7.91. The van der Waals surface area contributed by atoms with Crippen LogP contribution in [0.15, 0.2) is 57.3 Å². The summed E-state index contributed by atoms with van der Waals surface area (Å²) < 4.78 is 34.5. The molecule has 54 heavy (non-hydrogen) atoms. The van der Waals surface area contributed by atoms with Crippen molar-refractivity contribution in [3.63, 3.8) is 0 Å². The molecule has 288 valence electrons. The summed E-state index contributed by atoms with van der Waals surface area (Å²) in [5, 5.41) is 17.0. The van der Waals surface area contributed by atoms with Crippen LogP contribution in [-0.4, -0.2) is 82.4 Å². The highest BCUT2D eigenvalue weighted by atomic mass is 32.2. The smallest absolute Gasteiger partial charge is 0.408 e. The van der Waals surface area contributed by atoms with Crippen molar-refractivity contribution in [1.82, 2.24) is 30.0 Å². The fourth-order valence-corrected chi connectivity index (χ4v) is 10.2. The van der Waals surface area contributed by atoms with Gasteiger partial charge in [0.1, 0.15) is 23.7 Å². The van der Waals surface area contributed by atoms with E-state index in [1.807, 2.05) is 33.7 Å². The fourth-order valence-electron chi connectivity index (χ4n) is 7.56. The van der Waals surface area contributed by atoms with Crippen LogP contribution in [0.1, 0.15) is 71.3 Å². The number of carbonyl (C=O) groups is 4. The van der Waals surface area contributed by atoms with Gasteiger partial charge in [-0.2, -0.15) is 27.8 Å². The van der Waals surface area contributed by atoms with Gasteiger partial charge in [-0.1, -0.05) is 19.9 Å². The number of nitrogens with one attached hydrogen (secondary N) is 3. The average molecular weight is 797 g/mol. The molecular weight excluding hydrogens is 753 g/mol. The van der Waals surface area contributed by atoms with Gasteiger partial charge in [-0.25, -0.2) is 17.9 Å². The van der Waals surface area contributed by atoms with Crippen LogP contribution in [0.3, 0.4) is 0 Å². The minimum Gasteiger partial charge on any atom is -0.446 e. The summed E-state index contributed by atoms with van der Waals surface area (Å²) in [4.78, 5) is 71.1. The Labute approximate surface area is 321 Å². The Kier molecular flexibility index (Phi) is 10.6. The fraction of sp³-hybridized carbons (Fsp3) is 0.514. The third-order valence-electron chi connectivity index (χ3n) is 10.9. The SMILES string of the molecule is C=C[C@@H]1C[C@]1(NC(=O)[C@@H]1C[C@@H](n2ncc(-c3ccsc3)c(-c3ccsc3)c2=O)CN1C(=O)[C@@H](NC(=O)OC1CCCC1)C(C)C)C(=O)NS(=O)(=O)C1CC1. The molecule has 0 bridgehead atoms. The van der Waals surface area contributed by atoms with Gasteiger partial charge in [-0.3, -0.25) is 23.9 Å². The monoisotopic (exact) mass is 796 g/mol. The van der Waals surface area contributed by atoms with Gasteiger partial charge in [-0.15, -0.1) is 6.58 Å². The zero-order valence-electron chi connectivity index (χ0n) is 30.1. The van der Waals surface area contributed by atoms with Crippen molar-refractivity contribution >= 4 is 56.5 Å². The lowest BCUT2D eigenvalue weighted by molar-refractivity contribution is -0.141. The van der Waals surface area contributed by atoms with E-state index in [0.29, 0.717) is 29.5 Å². The maximum absolute atomic E-state index is 14.5. The molecule has 0 radical (unpaired) electrons. The van der Waals surface area contributed by atoms with Gasteiger partial charge in [0, 0.05) is 24.4 Å². The van der Waals surface area contributed by atoms with Crippen LogP contribution in [0, 0.1) is 11.8 Å². The highest BCUT2D eigenvalue weighted by Gasteiger charge is 2.62. The van der Waals surface area contributed by atoms with Gasteiger partial charge >= 0.3 is 6.09 Å². The van der Waals surface area contributed by atoms with Crippen LogP contribution < -0.4 is 20.9 Å². The van der Waals surface area contributed by atoms with Gasteiger partial charge < -0.3 is 20.3 Å². The highest BCUT2D eigenvalue weighted by Crippen LogP contribution is 2.46. The topological polar surface area (TPSA) is 186 Å². The normalized spacial score (nSPS) is 24.6. The zero-order chi connectivity index (χ0) is 38.4. The van der Waals surface area contributed by atoms with Crippen molar-refractivity contribution < 1.29 is 32.3 Å². The first-order valence-corrected chi connectivity index (χ1v) is 21.7. The van der Waals surface area contributed by atoms with Gasteiger partial charge in [0.05, 0.1) is 23.1 Å². The second-order valence-electron chi connectivity index (χ2n) is 15.0. The molecule has 17 heteroatoms. The lowest BCUT2D eigenvalue weighted by Gasteiger charge is -2.31. The number of thiophene rings is 2. The quantitative estimate of drug-likeness (QED) is 0.213. The van der Waals surface area contributed by atoms with E-state index < -0.39 is 80.1 Å². The Bertz CT molecular complexity index is 2090. The van der Waals surface area contributed by atoms with Crippen LogP contribution >= 0.6 is 22.7 Å². The number of ether oxygens (including phenoxy) is 1. The lowest BCUT2D eigenvalue weighted by Crippen LogP contribution is -2.59. The molecule has 3 saturated carbocycles. The van der Waals surface area contributed by atoms with E-state index in [0.717, 1.165) is 31.2 Å². The van der Waals surface area contributed by atoms with Crippen molar-refractivity contribution in [1.29, 1.82) is 0 Å². The Morgan fingerprint density at radius 2 is 1.74 bits per heavy atom. The number of likely N-dealkylation sites (tertiary alicyclic amines) is 1. The zero-order valence-corrected chi connectivity index (χ0v) is 32.5. The van der Waals surface area contributed by atoms with Gasteiger partial charge in [0.2, 0.25) is 21.8 Å². The Hall–Kier alpha value is -4.35. The minimum absolute atomic E-state index is 0.0421. The van der Waals surface area contributed by atoms with Crippen molar-refractivity contribution in [3.05, 3.63) is 62.9 Å². The molecule has 4 heterocycles. The van der Waals surface area contributed by atoms with Crippen molar-refractivity contribution in [2.45, 2.75) is 100 Å². The molecule has 3 aromatic heterocycles. The predicted molar refractivity (Wildman–Crippen MR) is 204 cm³/mol. The third-order valence-corrected chi connectivity index (χ3v) is 14.1. The second kappa shape index (κ2) is 15.1. The third kappa shape index (κ3) is 7.49. The van der Waals surface area contributed by atoms with Crippen molar-refractivity contribution in [2.24, 2.45) is 11.8 Å². The van der Waals surface area contributed by atoms with Gasteiger partial charge in [-0.05, 0) is 95.6 Å². The molecule has 4 fully saturated rings. The number of hydrogen-bond donors (Lipinski definition) is 3. The van der Waals surface area contributed by atoms with Crippen molar-refractivity contribution in [3.8, 4) is 22.3 Å². The van der Waals surface area contributed by atoms with Crippen LogP contribution in [0.2, 0.25) is 0 Å². The Balaban J connectivity index is 1.21. The summed E-state index contributed by atoms with van der Waals surface area (Å²) in [7, 11) is -3.92. The van der Waals surface area contributed by atoms with E-state index >= 15 is 0 Å². The number of amides is 4. The number of alkyl carbamates (subject to hydrolysis) is 1. The van der Waals surface area contributed by atoms with E-state index in [-0.39, 0.29) is 25.5 Å². The first-order chi connectivity index (χ1) is 25.8. The molecule has 0 aromatic carbocycles. The van der Waals surface area contributed by atoms with Gasteiger partial charge in [0.25, 0.3) is 11.5 Å². The average Bonchev–Trinajstić information content (AvgIpc) is 3.67. The standard InChI is InChI=1S/C37H44N6O8S3/c1-4-24-16-37(24,35(47)41-54(49,50)27-9-10-27)40-32(44)29-15-25(18-42(29)34(46)31(21(2)3)39-36(48)51-26-7-5-6-8-26)43-33(45)30(23-12-14-53-20-23)28(17-38-43)22-11-13-52-19-22/h4,11-14,17,19-21,24-27,29,31H,1,5-10,15-16,18H2,2-3H3,(H,39,48)(H,40,44)(H,41,47)/t24-,25-,29+,31+,37-/m1/s1. The maximum Gasteiger partial charge on any atom is 0.408 e. The summed E-state index contributed by atoms with van der Waals surface area (Å²) in [5.74, 6) is -3.09. The predicted octanol–water partition coefficient (Wildman–Crippen LogP) is 4.21. The molecule has 0 unspecified atom stereocenters. The summed E-state index contributed by atoms with van der Waals surface area (Å²) in [6.45, 7) is 7.20. The van der Waals surface area contributed by atoms with E-state index in [2.05, 4.69) is 27.0 Å². The summed E-state index contributed by atoms with van der Waals surface area (Å²) in [6.07, 6.45) is 6.50. The van der Waals surface area contributed by atoms with Crippen molar-refractivity contribution in [2.75, 3.05) is 6.54 Å². The summed E-state index contributed by atoms with van der Waals surface area (Å²) in [6, 6.07) is 0.708. The molecule has 3 N–H and O–H groups in total. The van der Waals surface area contributed by atoms with Crippen LogP contribution in [0.5, 0.6) is 0 Å². The van der Waals surface area contributed by atoms with Crippen LogP contribution in [-0.2, 0) is 29.1 Å². The number of nitrogens with zero attached hydrogens (tertiary/aromatic N) is 3. The molecule has 3 aromatic rings. The number of aromatic nitrogens is 2. The number of rotatable bonds is 13. The second-order valence-corrected chi connectivity index (χ2v) is 18.5. The summed E-state index contributed by atoms with van der Waals surface area (Å²) >= 11 is 2.94. The van der Waals surface area contributed by atoms with E-state index in [1.165, 1.54) is 38.3 Å². The molecule has 0 spiro atoms. The van der Waals surface area contributed by atoms with E-state index in [4.69, 9.17) is 4.74 Å². The lowest BCUT2D eigenvalue weighted by atomic mass is 10.0. The molecule has 14 nitrogen and oxygen atoms in total. The molecule has 7 rings (SSSR count). The van der Waals surface area contributed by atoms with Crippen LogP contribution in [0.25, 0.3) is 22.3 Å².